The van der Waals surface area contributed by atoms with Crippen LogP contribution < -0.4 is 24.2 Å². The Morgan fingerprint density at radius 1 is 1.00 bits per heavy atom. The fourth-order valence-electron chi connectivity index (χ4n) is 3.67. The Morgan fingerprint density at radius 2 is 1.54 bits per heavy atom. The van der Waals surface area contributed by atoms with E-state index in [-0.39, 0.29) is 22.4 Å². The van der Waals surface area contributed by atoms with Crippen LogP contribution in [-0.4, -0.2) is 47.9 Å². The molecule has 1 aromatic carbocycles. The molecular weight excluding hydrogens is 332 g/mol. The summed E-state index contributed by atoms with van der Waals surface area (Å²) in [6, 6.07) is 3.81. The topological polar surface area (TPSA) is 85.9 Å². The minimum atomic E-state index is -3.77. The predicted molar refractivity (Wildman–Crippen MR) is 89.4 cm³/mol. The van der Waals surface area contributed by atoms with E-state index in [0.29, 0.717) is 17.8 Å². The molecule has 2 aliphatic rings. The van der Waals surface area contributed by atoms with E-state index < -0.39 is 10.0 Å². The van der Waals surface area contributed by atoms with Crippen LogP contribution in [0.15, 0.2) is 17.0 Å². The molecule has 0 spiro atoms. The normalized spacial score (nSPS) is 26.2. The van der Waals surface area contributed by atoms with E-state index in [4.69, 9.17) is 14.2 Å². The zero-order chi connectivity index (χ0) is 17.3. The molecule has 0 aromatic heterocycles. The summed E-state index contributed by atoms with van der Waals surface area (Å²) in [4.78, 5) is 0.0131. The molecule has 8 heteroatoms. The summed E-state index contributed by atoms with van der Waals surface area (Å²) in [5.74, 6) is 0.883. The van der Waals surface area contributed by atoms with Crippen molar-refractivity contribution in [2.75, 3.05) is 21.3 Å². The Hall–Kier alpha value is -1.51. The first kappa shape index (κ1) is 17.3. The number of rotatable bonds is 6. The van der Waals surface area contributed by atoms with Crippen molar-refractivity contribution >= 4 is 10.0 Å². The van der Waals surface area contributed by atoms with Gasteiger partial charge < -0.3 is 19.5 Å². The van der Waals surface area contributed by atoms with E-state index >= 15 is 0 Å². The second kappa shape index (κ2) is 6.78. The summed E-state index contributed by atoms with van der Waals surface area (Å²) < 4.78 is 44.5. The van der Waals surface area contributed by atoms with Gasteiger partial charge in [0.05, 0.1) is 21.3 Å². The predicted octanol–water partition coefficient (Wildman–Crippen LogP) is 1.27. The van der Waals surface area contributed by atoms with Crippen LogP contribution in [0.3, 0.4) is 0 Å². The number of hydrogen-bond donors (Lipinski definition) is 2. The minimum absolute atomic E-state index is 0.0131. The molecule has 2 aliphatic heterocycles. The summed E-state index contributed by atoms with van der Waals surface area (Å²) in [7, 11) is 0.590. The van der Waals surface area contributed by atoms with Gasteiger partial charge in [0.25, 0.3) is 0 Å². The molecule has 0 radical (unpaired) electrons. The Bertz CT molecular complexity index is 669. The summed E-state index contributed by atoms with van der Waals surface area (Å²) >= 11 is 0. The fraction of sp³-hybridized carbons (Fsp3) is 0.625. The van der Waals surface area contributed by atoms with Crippen molar-refractivity contribution in [1.29, 1.82) is 0 Å². The Morgan fingerprint density at radius 3 is 2.00 bits per heavy atom. The van der Waals surface area contributed by atoms with Crippen LogP contribution in [0.5, 0.6) is 17.2 Å². The molecule has 2 saturated heterocycles. The highest BCUT2D eigenvalue weighted by molar-refractivity contribution is 7.89. The number of piperidine rings is 1. The molecule has 0 amide bonds. The SMILES string of the molecule is COc1cc(OC)c(S(=O)(=O)NC2CC3CCC(C2)N3)c(OC)c1. The molecule has 0 saturated carbocycles. The van der Waals surface area contributed by atoms with Crippen LogP contribution in [0.2, 0.25) is 0 Å². The lowest BCUT2D eigenvalue weighted by Gasteiger charge is -2.29. The number of hydrogen-bond acceptors (Lipinski definition) is 6. The smallest absolute Gasteiger partial charge is 0.248 e. The lowest BCUT2D eigenvalue weighted by molar-refractivity contribution is 0.341. The minimum Gasteiger partial charge on any atom is -0.496 e. The zero-order valence-corrected chi connectivity index (χ0v) is 15.0. The van der Waals surface area contributed by atoms with Crippen molar-refractivity contribution < 1.29 is 22.6 Å². The molecular formula is C16H24N2O5S. The van der Waals surface area contributed by atoms with E-state index in [1.165, 1.54) is 21.3 Å². The van der Waals surface area contributed by atoms with Gasteiger partial charge in [-0.1, -0.05) is 0 Å². The van der Waals surface area contributed by atoms with Gasteiger partial charge in [0.15, 0.2) is 4.90 Å². The van der Waals surface area contributed by atoms with E-state index in [2.05, 4.69) is 10.0 Å². The molecule has 2 bridgehead atoms. The maximum atomic E-state index is 13.0. The summed E-state index contributed by atoms with van der Waals surface area (Å²) in [5.41, 5.74) is 0. The van der Waals surface area contributed by atoms with Crippen molar-refractivity contribution in [3.8, 4) is 17.2 Å². The van der Waals surface area contributed by atoms with Crippen LogP contribution in [0.1, 0.15) is 25.7 Å². The van der Waals surface area contributed by atoms with Crippen molar-refractivity contribution in [2.24, 2.45) is 0 Å². The lowest BCUT2D eigenvalue weighted by atomic mass is 10.0. The number of nitrogens with one attached hydrogen (secondary N) is 2. The van der Waals surface area contributed by atoms with Gasteiger partial charge in [0.1, 0.15) is 17.2 Å². The third-order valence-corrected chi connectivity index (χ3v) is 6.32. The Labute approximate surface area is 142 Å². The molecule has 2 heterocycles. The molecule has 24 heavy (non-hydrogen) atoms. The van der Waals surface area contributed by atoms with Crippen LogP contribution in [0.4, 0.5) is 0 Å². The van der Waals surface area contributed by atoms with Gasteiger partial charge in [-0.15, -0.1) is 0 Å². The van der Waals surface area contributed by atoms with Gasteiger partial charge in [-0.25, -0.2) is 13.1 Å². The fourth-order valence-corrected chi connectivity index (χ4v) is 5.23. The van der Waals surface area contributed by atoms with Gasteiger partial charge in [-0.2, -0.15) is 0 Å². The van der Waals surface area contributed by atoms with Crippen molar-refractivity contribution in [3.63, 3.8) is 0 Å². The number of benzene rings is 1. The van der Waals surface area contributed by atoms with Crippen LogP contribution in [0.25, 0.3) is 0 Å². The second-order valence-electron chi connectivity index (χ2n) is 6.29. The highest BCUT2D eigenvalue weighted by atomic mass is 32.2. The van der Waals surface area contributed by atoms with Crippen LogP contribution >= 0.6 is 0 Å². The summed E-state index contributed by atoms with van der Waals surface area (Å²) in [6.45, 7) is 0. The van der Waals surface area contributed by atoms with E-state index in [1.807, 2.05) is 0 Å². The average Bonchev–Trinajstić information content (AvgIpc) is 2.91. The van der Waals surface area contributed by atoms with E-state index in [9.17, 15) is 8.42 Å². The maximum absolute atomic E-state index is 13.0. The first-order valence-corrected chi connectivity index (χ1v) is 9.53. The molecule has 0 aliphatic carbocycles. The van der Waals surface area contributed by atoms with Gasteiger partial charge in [0, 0.05) is 30.3 Å². The molecule has 2 unspecified atom stereocenters. The molecule has 1 aromatic rings. The van der Waals surface area contributed by atoms with Crippen LogP contribution in [-0.2, 0) is 10.0 Å². The molecule has 2 fully saturated rings. The third-order valence-electron chi connectivity index (χ3n) is 4.73. The molecule has 3 rings (SSSR count). The number of ether oxygens (including phenoxy) is 3. The number of sulfonamides is 1. The average molecular weight is 356 g/mol. The standard InChI is InChI=1S/C16H24N2O5S/c1-21-13-8-14(22-2)16(15(9-13)23-3)24(19,20)18-12-6-10-4-5-11(7-12)17-10/h8-12,17-18H,4-7H2,1-3H3. The van der Waals surface area contributed by atoms with Gasteiger partial charge >= 0.3 is 0 Å². The van der Waals surface area contributed by atoms with Crippen molar-refractivity contribution in [1.82, 2.24) is 10.0 Å². The molecule has 2 N–H and O–H groups in total. The zero-order valence-electron chi connectivity index (χ0n) is 14.2. The van der Waals surface area contributed by atoms with Crippen LogP contribution in [0, 0.1) is 0 Å². The quantitative estimate of drug-likeness (QED) is 0.798. The second-order valence-corrected chi connectivity index (χ2v) is 7.94. The molecule has 2 atom stereocenters. The summed E-state index contributed by atoms with van der Waals surface area (Å²) in [5, 5.41) is 3.51. The number of fused-ring (bicyclic) bond motifs is 2. The third kappa shape index (κ3) is 3.31. The molecule has 134 valence electrons. The monoisotopic (exact) mass is 356 g/mol. The first-order chi connectivity index (χ1) is 11.5. The van der Waals surface area contributed by atoms with Gasteiger partial charge in [0.2, 0.25) is 10.0 Å². The van der Waals surface area contributed by atoms with Crippen molar-refractivity contribution in [3.05, 3.63) is 12.1 Å². The molecule has 7 nitrogen and oxygen atoms in total. The Balaban J connectivity index is 1.91. The lowest BCUT2D eigenvalue weighted by Crippen LogP contribution is -2.48. The number of methoxy groups -OCH3 is 3. The highest BCUT2D eigenvalue weighted by Gasteiger charge is 2.36. The largest absolute Gasteiger partial charge is 0.496 e. The maximum Gasteiger partial charge on any atom is 0.248 e. The van der Waals surface area contributed by atoms with Gasteiger partial charge in [-0.3, -0.25) is 0 Å². The van der Waals surface area contributed by atoms with E-state index in [1.54, 1.807) is 12.1 Å². The van der Waals surface area contributed by atoms with Crippen molar-refractivity contribution in [2.45, 2.75) is 48.7 Å². The van der Waals surface area contributed by atoms with E-state index in [0.717, 1.165) is 25.7 Å². The summed E-state index contributed by atoms with van der Waals surface area (Å²) in [6.07, 6.45) is 3.82. The van der Waals surface area contributed by atoms with Gasteiger partial charge in [-0.05, 0) is 25.7 Å². The highest BCUT2D eigenvalue weighted by Crippen LogP contribution is 2.38. The Kier molecular flexibility index (Phi) is 4.89. The first-order valence-electron chi connectivity index (χ1n) is 8.05.